The summed E-state index contributed by atoms with van der Waals surface area (Å²) in [5.41, 5.74) is 19.3. The van der Waals surface area contributed by atoms with Crippen LogP contribution in [0.5, 0.6) is 0 Å². The molecule has 0 unspecified atom stereocenters. The van der Waals surface area contributed by atoms with Gasteiger partial charge in [-0.25, -0.2) is 4.98 Å². The van der Waals surface area contributed by atoms with E-state index < -0.39 is 0 Å². The van der Waals surface area contributed by atoms with Gasteiger partial charge in [-0.15, -0.1) is 0 Å². The Bertz CT molecular complexity index is 3460. The van der Waals surface area contributed by atoms with Gasteiger partial charge in [0.1, 0.15) is 5.52 Å². The van der Waals surface area contributed by atoms with Crippen molar-refractivity contribution in [3.05, 3.63) is 243 Å². The lowest BCUT2D eigenvalue weighted by Gasteiger charge is -2.14. The molecule has 0 aliphatic heterocycles. The average molecular weight is 817 g/mol. The van der Waals surface area contributed by atoms with Crippen LogP contribution in [0.15, 0.2) is 247 Å². The minimum absolute atomic E-state index is 0.577. The van der Waals surface area contributed by atoms with Crippen molar-refractivity contribution in [2.45, 2.75) is 0 Å². The fourth-order valence-corrected chi connectivity index (χ4v) is 9.26. The van der Waals surface area contributed by atoms with Crippen molar-refractivity contribution in [1.29, 1.82) is 0 Å². The molecule has 64 heavy (non-hydrogen) atoms. The molecule has 0 aliphatic carbocycles. The van der Waals surface area contributed by atoms with Gasteiger partial charge in [0.15, 0.2) is 5.58 Å². The normalized spacial score (nSPS) is 11.4. The van der Waals surface area contributed by atoms with Crippen LogP contribution in [-0.4, -0.2) is 9.55 Å². The first-order chi connectivity index (χ1) is 31.7. The van der Waals surface area contributed by atoms with Crippen molar-refractivity contribution in [2.75, 3.05) is 0 Å². The van der Waals surface area contributed by atoms with Crippen molar-refractivity contribution in [3.63, 3.8) is 0 Å². The average Bonchev–Trinajstić information content (AvgIpc) is 3.97. The van der Waals surface area contributed by atoms with Gasteiger partial charge in [0, 0.05) is 27.6 Å². The third-order valence-corrected chi connectivity index (χ3v) is 12.4. The molecule has 0 saturated heterocycles. The van der Waals surface area contributed by atoms with Crippen LogP contribution in [0, 0.1) is 0 Å². The van der Waals surface area contributed by atoms with Crippen LogP contribution < -0.4 is 0 Å². The molecule has 2 heterocycles. The van der Waals surface area contributed by atoms with E-state index in [0.29, 0.717) is 5.89 Å². The van der Waals surface area contributed by atoms with Crippen LogP contribution in [-0.2, 0) is 0 Å². The maximum atomic E-state index is 6.89. The van der Waals surface area contributed by atoms with Crippen molar-refractivity contribution < 1.29 is 4.42 Å². The molecule has 0 bridgehead atoms. The third-order valence-electron chi connectivity index (χ3n) is 12.4. The summed E-state index contributed by atoms with van der Waals surface area (Å²) in [5.74, 6) is 0.577. The molecule has 12 aromatic rings. The van der Waals surface area contributed by atoms with Gasteiger partial charge >= 0.3 is 0 Å². The first kappa shape index (κ1) is 37.2. The number of hydrogen-bond acceptors (Lipinski definition) is 2. The fraction of sp³-hybridized carbons (Fsp3) is 0. The Hall–Kier alpha value is -8.53. The minimum Gasteiger partial charge on any atom is -0.436 e. The molecule has 0 fully saturated rings. The number of benzene rings is 10. The van der Waals surface area contributed by atoms with Gasteiger partial charge in [-0.1, -0.05) is 158 Å². The molecule has 10 aromatic carbocycles. The summed E-state index contributed by atoms with van der Waals surface area (Å²) in [4.78, 5) is 5.35. The summed E-state index contributed by atoms with van der Waals surface area (Å²) in [6.07, 6.45) is 0. The Kier molecular flexibility index (Phi) is 9.16. The monoisotopic (exact) mass is 816 g/mol. The molecule has 0 aliphatic rings. The molecule has 0 radical (unpaired) electrons. The lowest BCUT2D eigenvalue weighted by molar-refractivity contribution is 0.620. The standard InChI is InChI=1S/C61H40N2O/c1-5-17-41(18-6-1)46-33-47(42-19-7-2-8-20-42)36-50(35-46)51-39-56(52-37-48(43-21-9-3-10-22-43)34-49(38-52)44-23-11-4-12-24-44)60-59(40-51)64-61(62-60)45-29-31-53(32-30-45)63-57-27-15-13-25-54(57)55-26-14-16-28-58(55)63/h1-40H. The number of aromatic nitrogens is 2. The van der Waals surface area contributed by atoms with Crippen LogP contribution in [0.1, 0.15) is 0 Å². The van der Waals surface area contributed by atoms with E-state index in [1.54, 1.807) is 0 Å². The number of para-hydroxylation sites is 2. The van der Waals surface area contributed by atoms with E-state index in [2.05, 4.69) is 247 Å². The Labute approximate surface area is 371 Å². The highest BCUT2D eigenvalue weighted by Gasteiger charge is 2.19. The second-order valence-electron chi connectivity index (χ2n) is 16.4. The number of nitrogens with zero attached hydrogens (tertiary/aromatic N) is 2. The van der Waals surface area contributed by atoms with Crippen molar-refractivity contribution in [2.24, 2.45) is 0 Å². The minimum atomic E-state index is 0.577. The van der Waals surface area contributed by atoms with Crippen LogP contribution in [0.3, 0.4) is 0 Å². The zero-order chi connectivity index (χ0) is 42.4. The highest BCUT2D eigenvalue weighted by molar-refractivity contribution is 6.09. The largest absolute Gasteiger partial charge is 0.436 e. The summed E-state index contributed by atoms with van der Waals surface area (Å²) in [6, 6.07) is 86.6. The Balaban J connectivity index is 1.06. The van der Waals surface area contributed by atoms with Gasteiger partial charge in [0.2, 0.25) is 5.89 Å². The van der Waals surface area contributed by atoms with E-state index in [9.17, 15) is 0 Å². The number of hydrogen-bond donors (Lipinski definition) is 0. The van der Waals surface area contributed by atoms with E-state index in [4.69, 9.17) is 9.40 Å². The predicted octanol–water partition coefficient (Wildman–Crippen LogP) is 16.6. The topological polar surface area (TPSA) is 31.0 Å². The van der Waals surface area contributed by atoms with E-state index in [1.807, 2.05) is 0 Å². The van der Waals surface area contributed by atoms with Gasteiger partial charge in [0.05, 0.1) is 11.0 Å². The molecule has 3 nitrogen and oxygen atoms in total. The first-order valence-electron chi connectivity index (χ1n) is 21.8. The smallest absolute Gasteiger partial charge is 0.227 e. The highest BCUT2D eigenvalue weighted by Crippen LogP contribution is 2.42. The first-order valence-corrected chi connectivity index (χ1v) is 21.8. The SMILES string of the molecule is c1ccc(-c2cc(-c3ccccc3)cc(-c3cc(-c4cc(-c5ccccc5)cc(-c5ccccc5)c4)c4nc(-c5ccc(-n6c7ccccc7c7ccccc76)cc5)oc4c3)c2)cc1. The molecular formula is C61H40N2O. The molecule has 0 amide bonds. The zero-order valence-corrected chi connectivity index (χ0v) is 34.9. The Morgan fingerprint density at radius 3 is 1.12 bits per heavy atom. The number of fused-ring (bicyclic) bond motifs is 4. The predicted molar refractivity (Wildman–Crippen MR) is 266 cm³/mol. The Morgan fingerprint density at radius 2 is 0.672 bits per heavy atom. The van der Waals surface area contributed by atoms with Gasteiger partial charge < -0.3 is 8.98 Å². The van der Waals surface area contributed by atoms with E-state index in [-0.39, 0.29) is 0 Å². The lowest BCUT2D eigenvalue weighted by atomic mass is 9.90. The summed E-state index contributed by atoms with van der Waals surface area (Å²) in [7, 11) is 0. The van der Waals surface area contributed by atoms with Crippen LogP contribution in [0.2, 0.25) is 0 Å². The van der Waals surface area contributed by atoms with Gasteiger partial charge in [-0.2, -0.15) is 0 Å². The van der Waals surface area contributed by atoms with Gasteiger partial charge in [0.25, 0.3) is 0 Å². The summed E-state index contributed by atoms with van der Waals surface area (Å²) in [5, 5.41) is 2.47. The van der Waals surface area contributed by atoms with Crippen LogP contribution >= 0.6 is 0 Å². The second kappa shape index (κ2) is 15.7. The zero-order valence-electron chi connectivity index (χ0n) is 34.9. The molecule has 0 N–H and O–H groups in total. The molecular weight excluding hydrogens is 777 g/mol. The molecule has 3 heteroatoms. The molecule has 300 valence electrons. The number of oxazole rings is 1. The molecule has 12 rings (SSSR count). The highest BCUT2D eigenvalue weighted by atomic mass is 16.3. The quantitative estimate of drug-likeness (QED) is 0.153. The van der Waals surface area contributed by atoms with E-state index in [0.717, 1.165) is 89.1 Å². The lowest BCUT2D eigenvalue weighted by Crippen LogP contribution is -1.93. The summed E-state index contributed by atoms with van der Waals surface area (Å²) < 4.78 is 9.23. The second-order valence-corrected chi connectivity index (χ2v) is 16.4. The molecule has 0 atom stereocenters. The maximum Gasteiger partial charge on any atom is 0.227 e. The van der Waals surface area contributed by atoms with Crippen molar-refractivity contribution >= 4 is 32.9 Å². The van der Waals surface area contributed by atoms with Crippen LogP contribution in [0.25, 0.3) is 117 Å². The Morgan fingerprint density at radius 1 is 0.297 bits per heavy atom. The van der Waals surface area contributed by atoms with Crippen molar-refractivity contribution in [3.8, 4) is 83.9 Å². The van der Waals surface area contributed by atoms with Gasteiger partial charge in [-0.05, 0) is 146 Å². The third kappa shape index (κ3) is 6.77. The fourth-order valence-electron chi connectivity index (χ4n) is 9.26. The summed E-state index contributed by atoms with van der Waals surface area (Å²) >= 11 is 0. The number of rotatable bonds is 8. The molecule has 0 saturated carbocycles. The molecule has 0 spiro atoms. The van der Waals surface area contributed by atoms with E-state index in [1.165, 1.54) is 21.8 Å². The molecule has 2 aromatic heterocycles. The van der Waals surface area contributed by atoms with Gasteiger partial charge in [-0.3, -0.25) is 0 Å². The van der Waals surface area contributed by atoms with Crippen molar-refractivity contribution in [1.82, 2.24) is 9.55 Å². The van der Waals surface area contributed by atoms with E-state index >= 15 is 0 Å². The van der Waals surface area contributed by atoms with Crippen LogP contribution in [0.4, 0.5) is 0 Å². The summed E-state index contributed by atoms with van der Waals surface area (Å²) in [6.45, 7) is 0. The maximum absolute atomic E-state index is 6.89.